The Bertz CT molecular complexity index is 758. The normalized spacial score (nSPS) is 10.7. The molecule has 1 aromatic carbocycles. The fourth-order valence-corrected chi connectivity index (χ4v) is 2.70. The third-order valence-electron chi connectivity index (χ3n) is 3.51. The maximum atomic E-state index is 12.0. The monoisotopic (exact) mass is 565 g/mol. The van der Waals surface area contributed by atoms with Gasteiger partial charge in [0.25, 0.3) is 5.91 Å². The first kappa shape index (κ1) is 23.6. The second-order valence-corrected chi connectivity index (χ2v) is 6.73. The molecule has 146 valence electrons. The molecule has 0 fully saturated rings. The SMILES string of the molecule is CN=C(NCCNC(=O)c1cccc(Br)c1)NCCc1ccc(Cl)nc1.I. The van der Waals surface area contributed by atoms with Gasteiger partial charge in [-0.15, -0.1) is 24.0 Å². The lowest BCUT2D eigenvalue weighted by molar-refractivity contribution is 0.0954. The minimum Gasteiger partial charge on any atom is -0.356 e. The van der Waals surface area contributed by atoms with Gasteiger partial charge in [0.2, 0.25) is 0 Å². The zero-order valence-electron chi connectivity index (χ0n) is 14.8. The molecule has 0 radical (unpaired) electrons. The van der Waals surface area contributed by atoms with Gasteiger partial charge in [-0.05, 0) is 36.2 Å². The number of hydrogen-bond donors (Lipinski definition) is 3. The first-order chi connectivity index (χ1) is 12.6. The third-order valence-corrected chi connectivity index (χ3v) is 4.23. The van der Waals surface area contributed by atoms with Gasteiger partial charge in [-0.1, -0.05) is 39.7 Å². The average Bonchev–Trinajstić information content (AvgIpc) is 2.65. The fraction of sp³-hybridized carbons (Fsp3) is 0.278. The summed E-state index contributed by atoms with van der Waals surface area (Å²) in [5.74, 6) is 0.579. The van der Waals surface area contributed by atoms with Crippen LogP contribution in [0.25, 0.3) is 0 Å². The highest BCUT2D eigenvalue weighted by Crippen LogP contribution is 2.11. The van der Waals surface area contributed by atoms with Crippen LogP contribution in [0.1, 0.15) is 15.9 Å². The molecular formula is C18H22BrClIN5O. The molecule has 1 aromatic heterocycles. The molecule has 0 aliphatic heterocycles. The number of rotatable bonds is 7. The highest BCUT2D eigenvalue weighted by Gasteiger charge is 2.05. The molecule has 27 heavy (non-hydrogen) atoms. The van der Waals surface area contributed by atoms with Crippen LogP contribution in [0.2, 0.25) is 5.15 Å². The van der Waals surface area contributed by atoms with E-state index in [1.54, 1.807) is 31.4 Å². The lowest BCUT2D eigenvalue weighted by Crippen LogP contribution is -2.42. The first-order valence-corrected chi connectivity index (χ1v) is 9.34. The number of amides is 1. The summed E-state index contributed by atoms with van der Waals surface area (Å²) in [5.41, 5.74) is 1.72. The number of carbonyl (C=O) groups is 1. The molecular weight excluding hydrogens is 544 g/mol. The van der Waals surface area contributed by atoms with Crippen LogP contribution in [0.15, 0.2) is 52.1 Å². The van der Waals surface area contributed by atoms with Crippen LogP contribution in [-0.4, -0.2) is 43.5 Å². The molecule has 3 N–H and O–H groups in total. The molecule has 0 saturated carbocycles. The molecule has 6 nitrogen and oxygen atoms in total. The van der Waals surface area contributed by atoms with Gasteiger partial charge in [0, 0.05) is 42.9 Å². The molecule has 0 unspecified atom stereocenters. The molecule has 0 bridgehead atoms. The van der Waals surface area contributed by atoms with Gasteiger partial charge in [-0.2, -0.15) is 0 Å². The van der Waals surface area contributed by atoms with Crippen LogP contribution < -0.4 is 16.0 Å². The van der Waals surface area contributed by atoms with Crippen LogP contribution in [-0.2, 0) is 6.42 Å². The van der Waals surface area contributed by atoms with E-state index in [2.05, 4.69) is 41.9 Å². The van der Waals surface area contributed by atoms with E-state index in [1.807, 2.05) is 18.2 Å². The summed E-state index contributed by atoms with van der Waals surface area (Å²) >= 11 is 9.13. The Morgan fingerprint density at radius 1 is 1.15 bits per heavy atom. The van der Waals surface area contributed by atoms with E-state index in [0.717, 1.165) is 16.5 Å². The molecule has 0 aliphatic carbocycles. The molecule has 0 atom stereocenters. The molecule has 0 aliphatic rings. The maximum absolute atomic E-state index is 12.0. The number of halogens is 3. The van der Waals surface area contributed by atoms with Crippen molar-refractivity contribution in [2.75, 3.05) is 26.7 Å². The topological polar surface area (TPSA) is 78.4 Å². The van der Waals surface area contributed by atoms with Crippen LogP contribution in [0.4, 0.5) is 0 Å². The van der Waals surface area contributed by atoms with Gasteiger partial charge in [0.05, 0.1) is 0 Å². The second-order valence-electron chi connectivity index (χ2n) is 5.43. The van der Waals surface area contributed by atoms with Crippen LogP contribution in [0.5, 0.6) is 0 Å². The lowest BCUT2D eigenvalue weighted by atomic mass is 10.2. The summed E-state index contributed by atoms with van der Waals surface area (Å²) in [7, 11) is 1.71. The Balaban J connectivity index is 0.00000364. The summed E-state index contributed by atoms with van der Waals surface area (Å²) in [5, 5.41) is 9.74. The van der Waals surface area contributed by atoms with E-state index >= 15 is 0 Å². The van der Waals surface area contributed by atoms with Crippen molar-refractivity contribution >= 4 is 63.4 Å². The molecule has 2 aromatic rings. The van der Waals surface area contributed by atoms with Gasteiger partial charge in [0.15, 0.2) is 5.96 Å². The van der Waals surface area contributed by atoms with E-state index in [0.29, 0.717) is 36.3 Å². The number of guanidine groups is 1. The van der Waals surface area contributed by atoms with Crippen molar-refractivity contribution in [3.8, 4) is 0 Å². The number of benzene rings is 1. The molecule has 0 spiro atoms. The Kier molecular flexibility index (Phi) is 11.3. The molecule has 2 rings (SSSR count). The number of hydrogen-bond acceptors (Lipinski definition) is 3. The molecule has 1 heterocycles. The van der Waals surface area contributed by atoms with Crippen LogP contribution >= 0.6 is 51.5 Å². The zero-order chi connectivity index (χ0) is 18.8. The number of nitrogens with zero attached hydrogens (tertiary/aromatic N) is 2. The summed E-state index contributed by atoms with van der Waals surface area (Å²) < 4.78 is 0.878. The van der Waals surface area contributed by atoms with Gasteiger partial charge >= 0.3 is 0 Å². The largest absolute Gasteiger partial charge is 0.356 e. The highest BCUT2D eigenvalue weighted by molar-refractivity contribution is 14.0. The number of carbonyl (C=O) groups excluding carboxylic acids is 1. The average molecular weight is 567 g/mol. The van der Waals surface area contributed by atoms with Crippen molar-refractivity contribution in [1.29, 1.82) is 0 Å². The quantitative estimate of drug-likeness (QED) is 0.158. The molecule has 1 amide bonds. The number of aliphatic imine (C=N–C) groups is 1. The zero-order valence-corrected chi connectivity index (χ0v) is 19.5. The predicted molar refractivity (Wildman–Crippen MR) is 124 cm³/mol. The number of nitrogens with one attached hydrogen (secondary N) is 3. The van der Waals surface area contributed by atoms with E-state index in [1.165, 1.54) is 0 Å². The summed E-state index contributed by atoms with van der Waals surface area (Å²) in [6.07, 6.45) is 2.57. The fourth-order valence-electron chi connectivity index (χ4n) is 2.19. The Hall–Kier alpha value is -1.39. The van der Waals surface area contributed by atoms with Gasteiger partial charge in [-0.3, -0.25) is 9.79 Å². The Labute approximate surface area is 189 Å². The second kappa shape index (κ2) is 12.9. The maximum Gasteiger partial charge on any atom is 0.251 e. The third kappa shape index (κ3) is 8.89. The predicted octanol–water partition coefficient (Wildman–Crippen LogP) is 3.25. The highest BCUT2D eigenvalue weighted by atomic mass is 127. The van der Waals surface area contributed by atoms with E-state index < -0.39 is 0 Å². The van der Waals surface area contributed by atoms with Crippen molar-refractivity contribution in [1.82, 2.24) is 20.9 Å². The minimum absolute atomic E-state index is 0. The standard InChI is InChI=1S/C18H21BrClN5O.HI/c1-21-18(23-8-7-13-5-6-16(20)25-12-13)24-10-9-22-17(26)14-3-2-4-15(19)11-14;/h2-6,11-12H,7-10H2,1H3,(H,22,26)(H2,21,23,24);1H. The van der Waals surface area contributed by atoms with E-state index in [4.69, 9.17) is 11.6 Å². The summed E-state index contributed by atoms with van der Waals surface area (Å²) in [6, 6.07) is 11.0. The van der Waals surface area contributed by atoms with Crippen LogP contribution in [0.3, 0.4) is 0 Å². The van der Waals surface area contributed by atoms with Gasteiger partial charge in [0.1, 0.15) is 5.15 Å². The van der Waals surface area contributed by atoms with E-state index in [-0.39, 0.29) is 29.9 Å². The summed E-state index contributed by atoms with van der Waals surface area (Å²) in [4.78, 5) is 20.3. The van der Waals surface area contributed by atoms with Gasteiger partial charge in [-0.25, -0.2) is 4.98 Å². The van der Waals surface area contributed by atoms with Crippen molar-refractivity contribution < 1.29 is 4.79 Å². The molecule has 0 saturated heterocycles. The van der Waals surface area contributed by atoms with Crippen molar-refractivity contribution in [2.45, 2.75) is 6.42 Å². The first-order valence-electron chi connectivity index (χ1n) is 8.17. The summed E-state index contributed by atoms with van der Waals surface area (Å²) in [6.45, 7) is 1.78. The van der Waals surface area contributed by atoms with Crippen molar-refractivity contribution in [3.63, 3.8) is 0 Å². The van der Waals surface area contributed by atoms with Crippen molar-refractivity contribution in [3.05, 3.63) is 63.3 Å². The lowest BCUT2D eigenvalue weighted by Gasteiger charge is -2.12. The van der Waals surface area contributed by atoms with Gasteiger partial charge < -0.3 is 16.0 Å². The van der Waals surface area contributed by atoms with E-state index in [9.17, 15) is 4.79 Å². The number of aromatic nitrogens is 1. The van der Waals surface area contributed by atoms with Crippen LogP contribution in [0, 0.1) is 0 Å². The minimum atomic E-state index is -0.105. The van der Waals surface area contributed by atoms with Crippen molar-refractivity contribution in [2.24, 2.45) is 4.99 Å². The molecule has 9 heteroatoms. The Morgan fingerprint density at radius 2 is 1.89 bits per heavy atom. The number of pyridine rings is 1. The smallest absolute Gasteiger partial charge is 0.251 e. The Morgan fingerprint density at radius 3 is 2.56 bits per heavy atom.